The molecule has 0 unspecified atom stereocenters. The minimum Gasteiger partial charge on any atom is -0.300 e. The zero-order chi connectivity index (χ0) is 20.5. The van der Waals surface area contributed by atoms with Crippen molar-refractivity contribution in [3.05, 3.63) is 66.1 Å². The smallest absolute Gasteiger partial charge is 0.125 e. The van der Waals surface area contributed by atoms with E-state index in [9.17, 15) is 0 Å². The number of nitrogens with zero attached hydrogens (tertiary/aromatic N) is 4. The zero-order valence-electron chi connectivity index (χ0n) is 17.5. The van der Waals surface area contributed by atoms with Crippen molar-refractivity contribution in [3.63, 3.8) is 0 Å². The molecule has 0 N–H and O–H groups in total. The van der Waals surface area contributed by atoms with Gasteiger partial charge in [0.15, 0.2) is 0 Å². The van der Waals surface area contributed by atoms with Gasteiger partial charge in [-0.3, -0.25) is 4.98 Å². The normalized spacial score (nSPS) is 17.1. The number of benzene rings is 1. The van der Waals surface area contributed by atoms with Crippen LogP contribution >= 0.6 is 11.3 Å². The highest BCUT2D eigenvalue weighted by Gasteiger charge is 2.19. The molecular formula is C25H26N4S. The van der Waals surface area contributed by atoms with E-state index in [1.807, 2.05) is 18.3 Å². The van der Waals surface area contributed by atoms with Crippen LogP contribution in [-0.2, 0) is 6.42 Å². The van der Waals surface area contributed by atoms with Crippen LogP contribution in [0.25, 0.3) is 32.0 Å². The van der Waals surface area contributed by atoms with E-state index in [1.165, 1.54) is 30.3 Å². The molecule has 4 heterocycles. The predicted octanol–water partition coefficient (Wildman–Crippen LogP) is 5.76. The van der Waals surface area contributed by atoms with Gasteiger partial charge in [0.2, 0.25) is 0 Å². The maximum atomic E-state index is 4.95. The molecule has 1 fully saturated rings. The molecule has 0 spiro atoms. The average molecular weight is 415 g/mol. The lowest BCUT2D eigenvalue weighted by Crippen LogP contribution is -2.28. The molecule has 0 radical (unpaired) electrons. The van der Waals surface area contributed by atoms with Gasteiger partial charge in [0.05, 0.1) is 21.8 Å². The number of pyridine rings is 2. The van der Waals surface area contributed by atoms with Gasteiger partial charge >= 0.3 is 0 Å². The van der Waals surface area contributed by atoms with Crippen LogP contribution in [-0.4, -0.2) is 39.0 Å². The Balaban J connectivity index is 1.38. The first-order valence-electron chi connectivity index (χ1n) is 10.7. The van der Waals surface area contributed by atoms with Crippen LogP contribution < -0.4 is 0 Å². The Morgan fingerprint density at radius 3 is 2.87 bits per heavy atom. The third-order valence-corrected chi connectivity index (χ3v) is 7.30. The number of likely N-dealkylation sites (tertiary alicyclic amines) is 1. The first-order chi connectivity index (χ1) is 14.7. The van der Waals surface area contributed by atoms with Crippen molar-refractivity contribution in [2.45, 2.75) is 39.2 Å². The number of thiazole rings is 1. The fraction of sp³-hybridized carbons (Fsp3) is 0.320. The van der Waals surface area contributed by atoms with E-state index in [1.54, 1.807) is 17.5 Å². The summed E-state index contributed by atoms with van der Waals surface area (Å²) in [5.74, 6) is 0. The van der Waals surface area contributed by atoms with Crippen molar-refractivity contribution < 1.29 is 0 Å². The lowest BCUT2D eigenvalue weighted by atomic mass is 10.1. The van der Waals surface area contributed by atoms with Crippen LogP contribution in [0.15, 0.2) is 54.9 Å². The van der Waals surface area contributed by atoms with Crippen LogP contribution in [0.2, 0.25) is 0 Å². The average Bonchev–Trinajstić information content (AvgIpc) is 3.37. The van der Waals surface area contributed by atoms with E-state index in [2.05, 4.69) is 54.1 Å². The first kappa shape index (κ1) is 19.3. The highest BCUT2D eigenvalue weighted by Crippen LogP contribution is 2.34. The van der Waals surface area contributed by atoms with Gasteiger partial charge in [0, 0.05) is 35.9 Å². The highest BCUT2D eigenvalue weighted by atomic mass is 32.1. The van der Waals surface area contributed by atoms with Crippen LogP contribution in [0, 0.1) is 6.92 Å². The van der Waals surface area contributed by atoms with E-state index in [0.29, 0.717) is 0 Å². The molecule has 5 rings (SSSR count). The summed E-state index contributed by atoms with van der Waals surface area (Å²) in [5, 5.41) is 2.20. The first-order valence-corrected chi connectivity index (χ1v) is 11.5. The van der Waals surface area contributed by atoms with Gasteiger partial charge < -0.3 is 4.90 Å². The molecule has 5 heteroatoms. The van der Waals surface area contributed by atoms with Crippen molar-refractivity contribution in [1.82, 2.24) is 19.9 Å². The van der Waals surface area contributed by atoms with Gasteiger partial charge in [-0.1, -0.05) is 12.1 Å². The topological polar surface area (TPSA) is 41.9 Å². The van der Waals surface area contributed by atoms with E-state index in [-0.39, 0.29) is 0 Å². The largest absolute Gasteiger partial charge is 0.300 e. The number of rotatable bonds is 5. The maximum absolute atomic E-state index is 4.95. The summed E-state index contributed by atoms with van der Waals surface area (Å²) in [5.41, 5.74) is 5.49. The van der Waals surface area contributed by atoms with Crippen molar-refractivity contribution in [2.75, 3.05) is 13.1 Å². The summed E-state index contributed by atoms with van der Waals surface area (Å²) in [4.78, 5) is 17.7. The van der Waals surface area contributed by atoms with Crippen molar-refractivity contribution >= 4 is 22.2 Å². The molecule has 0 bridgehead atoms. The minimum absolute atomic E-state index is 0.730. The van der Waals surface area contributed by atoms with Gasteiger partial charge in [0.25, 0.3) is 0 Å². The summed E-state index contributed by atoms with van der Waals surface area (Å²) in [7, 11) is 0. The lowest BCUT2D eigenvalue weighted by Gasteiger charge is -2.20. The minimum atomic E-state index is 0.730. The summed E-state index contributed by atoms with van der Waals surface area (Å²) in [6.07, 6.45) is 7.43. The van der Waals surface area contributed by atoms with E-state index < -0.39 is 0 Å². The Hall–Kier alpha value is -2.63. The predicted molar refractivity (Wildman–Crippen MR) is 125 cm³/mol. The molecule has 1 aliphatic heterocycles. The molecule has 30 heavy (non-hydrogen) atoms. The Kier molecular flexibility index (Phi) is 5.32. The SMILES string of the molecule is Cc1nc(-c2cccnc2)sc1-c1ccc2cc(CCN3CCC[C@H]3C)ccc2n1. The molecule has 0 amide bonds. The molecule has 1 aromatic carbocycles. The molecule has 0 saturated carbocycles. The van der Waals surface area contributed by atoms with Gasteiger partial charge in [-0.15, -0.1) is 11.3 Å². The second kappa shape index (κ2) is 8.25. The molecule has 1 atom stereocenters. The van der Waals surface area contributed by atoms with Gasteiger partial charge in [-0.2, -0.15) is 0 Å². The summed E-state index contributed by atoms with van der Waals surface area (Å²) in [6, 6.07) is 15.8. The van der Waals surface area contributed by atoms with Gasteiger partial charge in [-0.25, -0.2) is 9.97 Å². The van der Waals surface area contributed by atoms with Crippen molar-refractivity contribution in [2.24, 2.45) is 0 Å². The van der Waals surface area contributed by atoms with Crippen LogP contribution in [0.3, 0.4) is 0 Å². The summed E-state index contributed by atoms with van der Waals surface area (Å²) in [6.45, 7) is 6.80. The van der Waals surface area contributed by atoms with Crippen molar-refractivity contribution in [3.8, 4) is 21.1 Å². The number of aryl methyl sites for hydroxylation is 1. The Bertz CT molecular complexity index is 1170. The van der Waals surface area contributed by atoms with Crippen LogP contribution in [0.5, 0.6) is 0 Å². The Morgan fingerprint density at radius 2 is 2.07 bits per heavy atom. The molecule has 152 valence electrons. The van der Waals surface area contributed by atoms with E-state index in [4.69, 9.17) is 9.97 Å². The fourth-order valence-electron chi connectivity index (χ4n) is 4.30. The second-order valence-corrected chi connectivity index (χ2v) is 9.18. The summed E-state index contributed by atoms with van der Waals surface area (Å²) >= 11 is 1.68. The second-order valence-electron chi connectivity index (χ2n) is 8.18. The summed E-state index contributed by atoms with van der Waals surface area (Å²) < 4.78 is 0. The number of hydrogen-bond acceptors (Lipinski definition) is 5. The molecule has 1 aliphatic rings. The zero-order valence-corrected chi connectivity index (χ0v) is 18.3. The van der Waals surface area contributed by atoms with Crippen LogP contribution in [0.4, 0.5) is 0 Å². The van der Waals surface area contributed by atoms with E-state index in [0.717, 1.165) is 51.4 Å². The van der Waals surface area contributed by atoms with Crippen LogP contribution in [0.1, 0.15) is 31.0 Å². The number of hydrogen-bond donors (Lipinski definition) is 0. The standard InChI is InChI=1S/C25H26N4S/c1-17-5-4-13-29(17)14-11-19-7-9-22-20(15-19)8-10-23(28-22)24-18(2)27-25(30-24)21-6-3-12-26-16-21/h3,6-10,12,15-17H,4-5,11,13-14H2,1-2H3/t17-/m1/s1. The van der Waals surface area contributed by atoms with E-state index >= 15 is 0 Å². The molecule has 3 aromatic heterocycles. The molecule has 4 aromatic rings. The van der Waals surface area contributed by atoms with Gasteiger partial charge in [-0.05, 0) is 75.5 Å². The maximum Gasteiger partial charge on any atom is 0.125 e. The third kappa shape index (κ3) is 3.87. The molecular weight excluding hydrogens is 388 g/mol. The van der Waals surface area contributed by atoms with Crippen molar-refractivity contribution in [1.29, 1.82) is 0 Å². The van der Waals surface area contributed by atoms with Gasteiger partial charge in [0.1, 0.15) is 5.01 Å². The monoisotopic (exact) mass is 414 g/mol. The Morgan fingerprint density at radius 1 is 1.13 bits per heavy atom. The quantitative estimate of drug-likeness (QED) is 0.417. The lowest BCUT2D eigenvalue weighted by molar-refractivity contribution is 0.272. The number of fused-ring (bicyclic) bond motifs is 1. The highest BCUT2D eigenvalue weighted by molar-refractivity contribution is 7.18. The number of aromatic nitrogens is 3. The fourth-order valence-corrected chi connectivity index (χ4v) is 5.33. The molecule has 4 nitrogen and oxygen atoms in total. The Labute approximate surface area is 181 Å². The third-order valence-electron chi connectivity index (χ3n) is 6.07. The molecule has 1 saturated heterocycles. The molecule has 0 aliphatic carbocycles.